The van der Waals surface area contributed by atoms with Crippen LogP contribution in [0.1, 0.15) is 32.3 Å². The molecule has 0 aliphatic rings. The highest BCUT2D eigenvalue weighted by Crippen LogP contribution is 2.12. The molecule has 8 N–H and O–H groups in total. The summed E-state index contributed by atoms with van der Waals surface area (Å²) in [5.41, 5.74) is 6.45. The maximum absolute atomic E-state index is 12.9. The molecule has 3 unspecified atom stereocenters. The number of phenolic OH excluding ortho intramolecular Hbond substituents is 1. The van der Waals surface area contributed by atoms with Gasteiger partial charge in [0.2, 0.25) is 17.7 Å². The Labute approximate surface area is 190 Å². The molecule has 1 aromatic carbocycles. The van der Waals surface area contributed by atoms with Gasteiger partial charge in [-0.15, -0.1) is 0 Å². The maximum Gasteiger partial charge on any atom is 0.322 e. The predicted octanol–water partition coefficient (Wildman–Crippen LogP) is -1.05. The number of phenols is 1. The summed E-state index contributed by atoms with van der Waals surface area (Å²) in [5, 5.41) is 34.0. The summed E-state index contributed by atoms with van der Waals surface area (Å²) in [6, 6.07) is 2.16. The molecule has 182 valence electrons. The van der Waals surface area contributed by atoms with E-state index in [1.807, 2.05) is 19.2 Å². The van der Waals surface area contributed by atoms with Gasteiger partial charge < -0.3 is 37.0 Å². The van der Waals surface area contributed by atoms with E-state index in [2.05, 4.69) is 10.6 Å². The first-order valence-corrected chi connectivity index (χ1v) is 10.2. The Balaban J connectivity index is 3.06. The third-order valence-corrected chi connectivity index (χ3v) is 4.50. The van der Waals surface area contributed by atoms with Crippen LogP contribution in [0, 0.1) is 5.92 Å². The van der Waals surface area contributed by atoms with Crippen LogP contribution in [0.3, 0.4) is 0 Å². The van der Waals surface area contributed by atoms with Crippen LogP contribution in [0.25, 0.3) is 0 Å². The number of carboxylic acids is 2. The van der Waals surface area contributed by atoms with E-state index in [0.29, 0.717) is 12.0 Å². The van der Waals surface area contributed by atoms with Crippen molar-refractivity contribution in [1.29, 1.82) is 0 Å². The summed E-state index contributed by atoms with van der Waals surface area (Å²) in [5.74, 6) is -5.09. The third kappa shape index (κ3) is 10.5. The minimum atomic E-state index is -1.57. The predicted molar refractivity (Wildman–Crippen MR) is 116 cm³/mol. The summed E-state index contributed by atoms with van der Waals surface area (Å²) in [7, 11) is 0. The van der Waals surface area contributed by atoms with Gasteiger partial charge in [0.25, 0.3) is 0 Å². The van der Waals surface area contributed by atoms with E-state index in [0.717, 1.165) is 0 Å². The van der Waals surface area contributed by atoms with Gasteiger partial charge >= 0.3 is 11.9 Å². The Morgan fingerprint density at radius 1 is 0.879 bits per heavy atom. The minimum Gasteiger partial charge on any atom is -0.508 e. The summed E-state index contributed by atoms with van der Waals surface area (Å²) >= 11 is 0. The van der Waals surface area contributed by atoms with E-state index in [4.69, 9.17) is 15.9 Å². The van der Waals surface area contributed by atoms with E-state index in [-0.39, 0.29) is 18.1 Å². The monoisotopic (exact) mass is 466 g/mol. The van der Waals surface area contributed by atoms with Crippen LogP contribution in [0.5, 0.6) is 5.75 Å². The van der Waals surface area contributed by atoms with Gasteiger partial charge in [-0.3, -0.25) is 24.0 Å². The van der Waals surface area contributed by atoms with Gasteiger partial charge in [0, 0.05) is 6.42 Å². The zero-order valence-electron chi connectivity index (χ0n) is 18.4. The number of aromatic hydroxyl groups is 1. The van der Waals surface area contributed by atoms with Crippen LogP contribution in [0.2, 0.25) is 0 Å². The van der Waals surface area contributed by atoms with Crippen LogP contribution in [-0.2, 0) is 30.4 Å². The maximum atomic E-state index is 12.9. The number of carboxylic acid groups (broad SMARTS) is 2. The highest BCUT2D eigenvalue weighted by atomic mass is 16.4. The number of carbonyl (C=O) groups is 5. The van der Waals surface area contributed by atoms with Crippen molar-refractivity contribution in [3.8, 4) is 5.75 Å². The highest BCUT2D eigenvalue weighted by molar-refractivity contribution is 5.95. The Hall–Kier alpha value is -3.67. The number of aliphatic carboxylic acids is 2. The van der Waals surface area contributed by atoms with E-state index >= 15 is 0 Å². The number of hydrogen-bond acceptors (Lipinski definition) is 7. The zero-order chi connectivity index (χ0) is 25.1. The fourth-order valence-electron chi connectivity index (χ4n) is 2.91. The van der Waals surface area contributed by atoms with Crippen molar-refractivity contribution in [1.82, 2.24) is 16.0 Å². The van der Waals surface area contributed by atoms with E-state index in [9.17, 15) is 29.1 Å². The molecule has 1 aromatic rings. The molecule has 0 aromatic heterocycles. The van der Waals surface area contributed by atoms with Crippen molar-refractivity contribution >= 4 is 29.7 Å². The molecule has 0 saturated carbocycles. The number of hydrogen-bond donors (Lipinski definition) is 7. The standard InChI is InChI=1S/C21H30N4O8/c1-11(2)7-14(22)19(31)24-15(8-12-3-5-13(26)6-4-12)21(33)25-16(9-17(27)28)20(32)23-10-18(29)30/h3-6,11,14-16,26H,7-10,22H2,1-2H3,(H,23,32)(H,24,31)(H,25,33)(H,27,28)(H,29,30). The van der Waals surface area contributed by atoms with Gasteiger partial charge in [-0.1, -0.05) is 26.0 Å². The lowest BCUT2D eigenvalue weighted by molar-refractivity contribution is -0.141. The average molecular weight is 466 g/mol. The highest BCUT2D eigenvalue weighted by Gasteiger charge is 2.30. The van der Waals surface area contributed by atoms with Crippen LogP contribution in [0.15, 0.2) is 24.3 Å². The van der Waals surface area contributed by atoms with Gasteiger partial charge in [-0.2, -0.15) is 0 Å². The normalized spacial score (nSPS) is 13.5. The Morgan fingerprint density at radius 3 is 1.97 bits per heavy atom. The summed E-state index contributed by atoms with van der Waals surface area (Å²) in [6.45, 7) is 2.99. The fraction of sp³-hybridized carbons (Fsp3) is 0.476. The molecule has 0 radical (unpaired) electrons. The number of benzene rings is 1. The topological polar surface area (TPSA) is 208 Å². The molecule has 12 heteroatoms. The van der Waals surface area contributed by atoms with Gasteiger partial charge in [0.1, 0.15) is 24.4 Å². The molecule has 33 heavy (non-hydrogen) atoms. The SMILES string of the molecule is CC(C)CC(N)C(=O)NC(Cc1ccc(O)cc1)C(=O)NC(CC(=O)O)C(=O)NCC(=O)O. The van der Waals surface area contributed by atoms with E-state index < -0.39 is 60.8 Å². The lowest BCUT2D eigenvalue weighted by Gasteiger charge is -2.24. The molecule has 0 saturated heterocycles. The summed E-state index contributed by atoms with van der Waals surface area (Å²) in [6.07, 6.45) is -0.481. The quantitative estimate of drug-likeness (QED) is 0.189. The number of carbonyl (C=O) groups excluding carboxylic acids is 3. The minimum absolute atomic E-state index is 0.000587. The van der Waals surface area contributed by atoms with Crippen LogP contribution >= 0.6 is 0 Å². The largest absolute Gasteiger partial charge is 0.508 e. The fourth-order valence-corrected chi connectivity index (χ4v) is 2.91. The zero-order valence-corrected chi connectivity index (χ0v) is 18.4. The molecule has 12 nitrogen and oxygen atoms in total. The van der Waals surface area contributed by atoms with E-state index in [1.54, 1.807) is 0 Å². The molecule has 0 heterocycles. The molecule has 0 bridgehead atoms. The Bertz CT molecular complexity index is 856. The first kappa shape index (κ1) is 27.4. The summed E-state index contributed by atoms with van der Waals surface area (Å²) < 4.78 is 0. The van der Waals surface area contributed by atoms with Gasteiger partial charge in [0.15, 0.2) is 0 Å². The van der Waals surface area contributed by atoms with Crippen molar-refractivity contribution in [2.45, 2.75) is 51.2 Å². The smallest absolute Gasteiger partial charge is 0.322 e. The lowest BCUT2D eigenvalue weighted by Crippen LogP contribution is -2.57. The molecular formula is C21H30N4O8. The van der Waals surface area contributed by atoms with Crippen molar-refractivity contribution in [2.75, 3.05) is 6.54 Å². The molecule has 1 rings (SSSR count). The summed E-state index contributed by atoms with van der Waals surface area (Å²) in [4.78, 5) is 59.5. The van der Waals surface area contributed by atoms with Gasteiger partial charge in [0.05, 0.1) is 12.5 Å². The second-order valence-electron chi connectivity index (χ2n) is 7.94. The van der Waals surface area contributed by atoms with Crippen LogP contribution in [-0.4, -0.2) is 69.7 Å². The Morgan fingerprint density at radius 2 is 1.45 bits per heavy atom. The number of amides is 3. The third-order valence-electron chi connectivity index (χ3n) is 4.50. The van der Waals surface area contributed by atoms with Crippen molar-refractivity contribution in [3.05, 3.63) is 29.8 Å². The number of nitrogens with two attached hydrogens (primary N) is 1. The average Bonchev–Trinajstić information content (AvgIpc) is 2.71. The molecule has 0 aliphatic heterocycles. The number of rotatable bonds is 13. The second-order valence-corrected chi connectivity index (χ2v) is 7.94. The molecule has 3 atom stereocenters. The molecule has 3 amide bonds. The molecule has 0 spiro atoms. The van der Waals surface area contributed by atoms with Crippen molar-refractivity contribution in [2.24, 2.45) is 11.7 Å². The second kappa shape index (κ2) is 13.0. The van der Waals surface area contributed by atoms with Crippen LogP contribution in [0.4, 0.5) is 0 Å². The molecule has 0 aliphatic carbocycles. The first-order valence-electron chi connectivity index (χ1n) is 10.2. The molecular weight excluding hydrogens is 436 g/mol. The van der Waals surface area contributed by atoms with Gasteiger partial charge in [-0.25, -0.2) is 0 Å². The van der Waals surface area contributed by atoms with Gasteiger partial charge in [-0.05, 0) is 30.0 Å². The van der Waals surface area contributed by atoms with Crippen LogP contribution < -0.4 is 21.7 Å². The number of nitrogens with one attached hydrogen (secondary N) is 3. The lowest BCUT2D eigenvalue weighted by atomic mass is 10.0. The van der Waals surface area contributed by atoms with Crippen molar-refractivity contribution < 1.29 is 39.3 Å². The molecule has 0 fully saturated rings. The Kier molecular flexibility index (Phi) is 10.8. The van der Waals surface area contributed by atoms with E-state index in [1.165, 1.54) is 24.3 Å². The van der Waals surface area contributed by atoms with Crippen molar-refractivity contribution in [3.63, 3.8) is 0 Å². The first-order chi connectivity index (χ1) is 15.4.